The quantitative estimate of drug-likeness (QED) is 0.668. The Morgan fingerprint density at radius 2 is 2.33 bits per heavy atom. The Balaban J connectivity index is 2.06. The predicted molar refractivity (Wildman–Crippen MR) is 75.2 cm³/mol. The molecule has 0 radical (unpaired) electrons. The molecule has 0 unspecified atom stereocenters. The van der Waals surface area contributed by atoms with Crippen LogP contribution in [0.3, 0.4) is 0 Å². The number of rotatable bonds is 4. The zero-order chi connectivity index (χ0) is 13.1. The molecule has 2 aromatic rings. The Morgan fingerprint density at radius 1 is 1.56 bits per heavy atom. The van der Waals surface area contributed by atoms with Gasteiger partial charge < -0.3 is 5.32 Å². The van der Waals surface area contributed by atoms with Crippen molar-refractivity contribution in [2.24, 2.45) is 0 Å². The van der Waals surface area contributed by atoms with E-state index in [4.69, 9.17) is 11.6 Å². The molecule has 94 valence electrons. The lowest BCUT2D eigenvalue weighted by molar-refractivity contribution is -0.385. The number of thiazole rings is 1. The van der Waals surface area contributed by atoms with Crippen LogP contribution in [-0.4, -0.2) is 9.91 Å². The normalized spacial score (nSPS) is 10.3. The van der Waals surface area contributed by atoms with E-state index in [9.17, 15) is 10.1 Å². The minimum atomic E-state index is -0.436. The van der Waals surface area contributed by atoms with Gasteiger partial charge in [0, 0.05) is 11.8 Å². The number of nitro groups is 1. The molecule has 1 heterocycles. The fraction of sp³-hybridized carbons (Fsp3) is 0.100. The average molecular weight is 349 g/mol. The van der Waals surface area contributed by atoms with Crippen molar-refractivity contribution in [3.8, 4) is 0 Å². The maximum Gasteiger partial charge on any atom is 0.283 e. The van der Waals surface area contributed by atoms with Crippen molar-refractivity contribution < 1.29 is 4.92 Å². The van der Waals surface area contributed by atoms with Gasteiger partial charge in [-0.15, -0.1) is 11.3 Å². The van der Waals surface area contributed by atoms with Crippen LogP contribution in [0.4, 0.5) is 11.4 Å². The summed E-state index contributed by atoms with van der Waals surface area (Å²) in [7, 11) is 0. The molecule has 2 rings (SSSR count). The van der Waals surface area contributed by atoms with Crippen molar-refractivity contribution >= 4 is 50.2 Å². The van der Waals surface area contributed by atoms with Crippen molar-refractivity contribution in [1.29, 1.82) is 0 Å². The maximum atomic E-state index is 10.6. The van der Waals surface area contributed by atoms with Gasteiger partial charge in [0.15, 0.2) is 0 Å². The monoisotopic (exact) mass is 347 g/mol. The van der Waals surface area contributed by atoms with Gasteiger partial charge in [-0.1, -0.05) is 11.6 Å². The standard InChI is InChI=1S/C10H7BrClN3O2S/c11-7-3-6(1-2-8(7)15(16)17)13-5-10-14-4-9(12)18-10/h1-4,13H,5H2. The summed E-state index contributed by atoms with van der Waals surface area (Å²) >= 11 is 10.3. The fourth-order valence-electron chi connectivity index (χ4n) is 1.31. The van der Waals surface area contributed by atoms with Crippen LogP contribution in [-0.2, 0) is 6.54 Å². The molecule has 0 atom stereocenters. The van der Waals surface area contributed by atoms with Gasteiger partial charge in [-0.05, 0) is 28.1 Å². The lowest BCUT2D eigenvalue weighted by Crippen LogP contribution is -1.99. The highest BCUT2D eigenvalue weighted by molar-refractivity contribution is 9.10. The molecule has 0 saturated carbocycles. The third-order valence-electron chi connectivity index (χ3n) is 2.11. The van der Waals surface area contributed by atoms with E-state index in [1.54, 1.807) is 18.3 Å². The summed E-state index contributed by atoms with van der Waals surface area (Å²) < 4.78 is 1.08. The first kappa shape index (κ1) is 13.3. The summed E-state index contributed by atoms with van der Waals surface area (Å²) in [6.07, 6.45) is 1.59. The fourth-order valence-corrected chi connectivity index (χ4v) is 2.73. The second-order valence-electron chi connectivity index (χ2n) is 3.33. The van der Waals surface area contributed by atoms with Gasteiger partial charge in [0.05, 0.1) is 22.1 Å². The van der Waals surface area contributed by atoms with E-state index in [1.165, 1.54) is 17.4 Å². The summed E-state index contributed by atoms with van der Waals surface area (Å²) in [5.41, 5.74) is 0.816. The Bertz CT molecular complexity index is 590. The van der Waals surface area contributed by atoms with E-state index in [0.29, 0.717) is 15.4 Å². The predicted octanol–water partition coefficient (Wildman–Crippen LogP) is 4.08. The molecule has 0 aliphatic rings. The molecule has 1 N–H and O–H groups in total. The topological polar surface area (TPSA) is 68.1 Å². The molecule has 1 aromatic heterocycles. The van der Waals surface area contributed by atoms with Gasteiger partial charge in [0.25, 0.3) is 5.69 Å². The molecule has 8 heteroatoms. The number of nitro benzene ring substituents is 1. The lowest BCUT2D eigenvalue weighted by Gasteiger charge is -2.04. The number of benzene rings is 1. The van der Waals surface area contributed by atoms with E-state index < -0.39 is 4.92 Å². The number of hydrogen-bond acceptors (Lipinski definition) is 5. The molecule has 18 heavy (non-hydrogen) atoms. The van der Waals surface area contributed by atoms with Gasteiger partial charge in [-0.2, -0.15) is 0 Å². The van der Waals surface area contributed by atoms with Crippen molar-refractivity contribution in [3.63, 3.8) is 0 Å². The summed E-state index contributed by atoms with van der Waals surface area (Å²) in [6.45, 7) is 0.529. The van der Waals surface area contributed by atoms with Crippen LogP contribution in [0, 0.1) is 10.1 Å². The summed E-state index contributed by atoms with van der Waals surface area (Å²) in [4.78, 5) is 14.3. The summed E-state index contributed by atoms with van der Waals surface area (Å²) in [6, 6.07) is 4.76. The number of hydrogen-bond donors (Lipinski definition) is 1. The lowest BCUT2D eigenvalue weighted by atomic mass is 10.3. The molecular weight excluding hydrogens is 342 g/mol. The Labute approximate surface area is 120 Å². The molecule has 0 aliphatic carbocycles. The van der Waals surface area contributed by atoms with Gasteiger partial charge in [-0.3, -0.25) is 10.1 Å². The van der Waals surface area contributed by atoms with Crippen LogP contribution in [0.2, 0.25) is 4.34 Å². The van der Waals surface area contributed by atoms with Crippen molar-refractivity contribution in [2.45, 2.75) is 6.54 Å². The average Bonchev–Trinajstić information content (AvgIpc) is 2.72. The van der Waals surface area contributed by atoms with Crippen molar-refractivity contribution in [2.75, 3.05) is 5.32 Å². The SMILES string of the molecule is O=[N+]([O-])c1ccc(NCc2ncc(Cl)s2)cc1Br. The first-order chi connectivity index (χ1) is 8.56. The number of aromatic nitrogens is 1. The van der Waals surface area contributed by atoms with Gasteiger partial charge in [0.2, 0.25) is 0 Å². The highest BCUT2D eigenvalue weighted by Gasteiger charge is 2.11. The Morgan fingerprint density at radius 3 is 2.89 bits per heavy atom. The number of nitrogens with zero attached hydrogens (tertiary/aromatic N) is 2. The molecule has 0 saturated heterocycles. The molecule has 0 amide bonds. The van der Waals surface area contributed by atoms with E-state index >= 15 is 0 Å². The minimum Gasteiger partial charge on any atom is -0.378 e. The van der Waals surface area contributed by atoms with E-state index in [2.05, 4.69) is 26.2 Å². The van der Waals surface area contributed by atoms with Gasteiger partial charge >= 0.3 is 0 Å². The number of halogens is 2. The first-order valence-corrected chi connectivity index (χ1v) is 6.83. The van der Waals surface area contributed by atoms with E-state index in [0.717, 1.165) is 10.7 Å². The molecular formula is C10H7BrClN3O2S. The zero-order valence-electron chi connectivity index (χ0n) is 8.89. The summed E-state index contributed by atoms with van der Waals surface area (Å²) in [5, 5.41) is 14.6. The molecule has 0 bridgehead atoms. The van der Waals surface area contributed by atoms with Crippen LogP contribution < -0.4 is 5.32 Å². The highest BCUT2D eigenvalue weighted by atomic mass is 79.9. The van der Waals surface area contributed by atoms with Crippen LogP contribution in [0.25, 0.3) is 0 Å². The molecule has 5 nitrogen and oxygen atoms in total. The third-order valence-corrected chi connectivity index (χ3v) is 3.86. The molecule has 1 aromatic carbocycles. The second kappa shape index (κ2) is 5.64. The summed E-state index contributed by atoms with van der Waals surface area (Å²) in [5.74, 6) is 0. The van der Waals surface area contributed by atoms with Crippen LogP contribution in [0.1, 0.15) is 5.01 Å². The molecule has 0 fully saturated rings. The van der Waals surface area contributed by atoms with E-state index in [1.807, 2.05) is 0 Å². The Kier molecular flexibility index (Phi) is 4.15. The zero-order valence-corrected chi connectivity index (χ0v) is 12.1. The van der Waals surface area contributed by atoms with Gasteiger partial charge in [-0.25, -0.2) is 4.98 Å². The van der Waals surface area contributed by atoms with Crippen LogP contribution in [0.5, 0.6) is 0 Å². The Hall–Kier alpha value is -1.18. The largest absolute Gasteiger partial charge is 0.378 e. The van der Waals surface area contributed by atoms with Crippen LogP contribution in [0.15, 0.2) is 28.9 Å². The highest BCUT2D eigenvalue weighted by Crippen LogP contribution is 2.28. The molecule has 0 spiro atoms. The maximum absolute atomic E-state index is 10.6. The molecule has 0 aliphatic heterocycles. The van der Waals surface area contributed by atoms with Crippen molar-refractivity contribution in [1.82, 2.24) is 4.98 Å². The van der Waals surface area contributed by atoms with Crippen LogP contribution >= 0.6 is 38.9 Å². The van der Waals surface area contributed by atoms with Crippen molar-refractivity contribution in [3.05, 3.63) is 48.3 Å². The first-order valence-electron chi connectivity index (χ1n) is 4.84. The number of anilines is 1. The van der Waals surface area contributed by atoms with E-state index in [-0.39, 0.29) is 5.69 Å². The number of nitrogens with one attached hydrogen (secondary N) is 1. The second-order valence-corrected chi connectivity index (χ2v) is 5.94. The third kappa shape index (κ3) is 3.18. The van der Waals surface area contributed by atoms with Gasteiger partial charge in [0.1, 0.15) is 9.34 Å². The minimum absolute atomic E-state index is 0.0397. The smallest absolute Gasteiger partial charge is 0.283 e.